The van der Waals surface area contributed by atoms with Crippen molar-refractivity contribution in [1.29, 1.82) is 0 Å². The lowest BCUT2D eigenvalue weighted by atomic mass is 9.82. The normalized spacial score (nSPS) is 21.3. The highest BCUT2D eigenvalue weighted by atomic mass is 16.3. The van der Waals surface area contributed by atoms with Crippen molar-refractivity contribution in [3.05, 3.63) is 0 Å². The van der Waals surface area contributed by atoms with E-state index in [-0.39, 0.29) is 12.1 Å². The van der Waals surface area contributed by atoms with Gasteiger partial charge in [-0.15, -0.1) is 0 Å². The third kappa shape index (κ3) is 3.70. The van der Waals surface area contributed by atoms with E-state index in [1.807, 2.05) is 0 Å². The van der Waals surface area contributed by atoms with Crippen LogP contribution in [-0.4, -0.2) is 29.8 Å². The van der Waals surface area contributed by atoms with Crippen LogP contribution in [0, 0.1) is 0 Å². The van der Waals surface area contributed by atoms with E-state index in [1.54, 1.807) is 0 Å². The highest BCUT2D eigenvalue weighted by Gasteiger charge is 2.31. The lowest BCUT2D eigenvalue weighted by molar-refractivity contribution is 0.139. The van der Waals surface area contributed by atoms with Crippen molar-refractivity contribution >= 4 is 5.96 Å². The molecular weight excluding hydrogens is 190 g/mol. The molecule has 1 saturated carbocycles. The molecule has 0 saturated heterocycles. The Morgan fingerprint density at radius 1 is 1.40 bits per heavy atom. The molecule has 4 N–H and O–H groups in total. The SMILES string of the molecule is CCCN=C(N)NC1(CO)CCCCC1. The zero-order valence-corrected chi connectivity index (χ0v) is 9.63. The summed E-state index contributed by atoms with van der Waals surface area (Å²) in [4.78, 5) is 4.20. The second-order valence-electron chi connectivity index (χ2n) is 4.39. The Morgan fingerprint density at radius 2 is 2.07 bits per heavy atom. The zero-order valence-electron chi connectivity index (χ0n) is 9.63. The first kappa shape index (κ1) is 12.3. The standard InChI is InChI=1S/C11H23N3O/c1-2-8-13-10(12)14-11(9-15)6-4-3-5-7-11/h15H,2-9H2,1H3,(H3,12,13,14). The summed E-state index contributed by atoms with van der Waals surface area (Å²) in [5.74, 6) is 0.479. The highest BCUT2D eigenvalue weighted by molar-refractivity contribution is 5.78. The number of aliphatic imine (C=N–C) groups is 1. The van der Waals surface area contributed by atoms with Crippen LogP contribution in [0.2, 0.25) is 0 Å². The van der Waals surface area contributed by atoms with E-state index in [1.165, 1.54) is 6.42 Å². The van der Waals surface area contributed by atoms with Gasteiger partial charge in [0.15, 0.2) is 5.96 Å². The summed E-state index contributed by atoms with van der Waals surface area (Å²) >= 11 is 0. The van der Waals surface area contributed by atoms with Crippen molar-refractivity contribution in [2.45, 2.75) is 51.0 Å². The Labute approximate surface area is 92.0 Å². The summed E-state index contributed by atoms with van der Waals surface area (Å²) in [6, 6.07) is 0. The van der Waals surface area contributed by atoms with Crippen molar-refractivity contribution in [3.8, 4) is 0 Å². The molecule has 1 rings (SSSR count). The summed E-state index contributed by atoms with van der Waals surface area (Å²) in [5.41, 5.74) is 5.57. The van der Waals surface area contributed by atoms with Gasteiger partial charge in [0.2, 0.25) is 0 Å². The van der Waals surface area contributed by atoms with Crippen LogP contribution in [-0.2, 0) is 0 Å². The van der Waals surface area contributed by atoms with E-state index in [2.05, 4.69) is 17.2 Å². The van der Waals surface area contributed by atoms with Gasteiger partial charge < -0.3 is 16.2 Å². The van der Waals surface area contributed by atoms with Crippen LogP contribution in [0.25, 0.3) is 0 Å². The van der Waals surface area contributed by atoms with Gasteiger partial charge in [0, 0.05) is 6.54 Å². The number of nitrogens with two attached hydrogens (primary N) is 1. The third-order valence-electron chi connectivity index (χ3n) is 3.01. The lowest BCUT2D eigenvalue weighted by Gasteiger charge is -2.36. The topological polar surface area (TPSA) is 70.6 Å². The van der Waals surface area contributed by atoms with Crippen LogP contribution < -0.4 is 11.1 Å². The maximum absolute atomic E-state index is 9.44. The Kier molecular flexibility index (Phi) is 4.88. The summed E-state index contributed by atoms with van der Waals surface area (Å²) in [5, 5.41) is 12.6. The Morgan fingerprint density at radius 3 is 2.60 bits per heavy atom. The van der Waals surface area contributed by atoms with E-state index in [0.717, 1.165) is 38.6 Å². The molecule has 1 fully saturated rings. The van der Waals surface area contributed by atoms with E-state index in [9.17, 15) is 5.11 Å². The van der Waals surface area contributed by atoms with Gasteiger partial charge in [-0.05, 0) is 19.3 Å². The fourth-order valence-electron chi connectivity index (χ4n) is 2.09. The smallest absolute Gasteiger partial charge is 0.189 e. The van der Waals surface area contributed by atoms with Crippen LogP contribution in [0.1, 0.15) is 45.4 Å². The molecule has 88 valence electrons. The van der Waals surface area contributed by atoms with Crippen molar-refractivity contribution < 1.29 is 5.11 Å². The first-order valence-electron chi connectivity index (χ1n) is 5.91. The molecule has 0 radical (unpaired) electrons. The summed E-state index contributed by atoms with van der Waals surface area (Å²) in [6.07, 6.45) is 6.56. The molecule has 0 aliphatic heterocycles. The van der Waals surface area contributed by atoms with Gasteiger partial charge in [-0.3, -0.25) is 4.99 Å². The van der Waals surface area contributed by atoms with Crippen molar-refractivity contribution in [2.75, 3.05) is 13.2 Å². The summed E-state index contributed by atoms with van der Waals surface area (Å²) in [7, 11) is 0. The molecule has 0 aromatic carbocycles. The molecule has 0 aromatic heterocycles. The molecule has 4 nitrogen and oxygen atoms in total. The first-order valence-corrected chi connectivity index (χ1v) is 5.91. The van der Waals surface area contributed by atoms with E-state index in [4.69, 9.17) is 5.73 Å². The Bertz CT molecular complexity index is 210. The predicted octanol–water partition coefficient (Wildman–Crippen LogP) is 0.996. The fourth-order valence-corrected chi connectivity index (χ4v) is 2.09. The minimum absolute atomic E-state index is 0.148. The molecule has 0 atom stereocenters. The first-order chi connectivity index (χ1) is 7.22. The van der Waals surface area contributed by atoms with Crippen LogP contribution in [0.4, 0.5) is 0 Å². The molecule has 1 aliphatic carbocycles. The molecule has 0 bridgehead atoms. The van der Waals surface area contributed by atoms with Gasteiger partial charge in [-0.1, -0.05) is 26.2 Å². The minimum Gasteiger partial charge on any atom is -0.394 e. The van der Waals surface area contributed by atoms with Gasteiger partial charge in [0.05, 0.1) is 12.1 Å². The molecule has 0 unspecified atom stereocenters. The molecule has 1 aliphatic rings. The Hall–Kier alpha value is -0.770. The maximum Gasteiger partial charge on any atom is 0.189 e. The zero-order chi connectivity index (χ0) is 11.1. The van der Waals surface area contributed by atoms with Crippen molar-refractivity contribution in [1.82, 2.24) is 5.32 Å². The average molecular weight is 213 g/mol. The van der Waals surface area contributed by atoms with Gasteiger partial charge in [-0.2, -0.15) is 0 Å². The monoisotopic (exact) mass is 213 g/mol. The molecule has 0 heterocycles. The van der Waals surface area contributed by atoms with Crippen LogP contribution in [0.5, 0.6) is 0 Å². The number of aliphatic hydroxyl groups is 1. The summed E-state index contributed by atoms with van der Waals surface area (Å²) < 4.78 is 0. The average Bonchev–Trinajstić information content (AvgIpc) is 2.27. The number of rotatable bonds is 4. The minimum atomic E-state index is -0.209. The van der Waals surface area contributed by atoms with Gasteiger partial charge >= 0.3 is 0 Å². The van der Waals surface area contributed by atoms with Crippen LogP contribution in [0.15, 0.2) is 4.99 Å². The number of guanidine groups is 1. The van der Waals surface area contributed by atoms with Crippen molar-refractivity contribution in [3.63, 3.8) is 0 Å². The highest BCUT2D eigenvalue weighted by Crippen LogP contribution is 2.27. The number of aliphatic hydroxyl groups excluding tert-OH is 1. The third-order valence-corrected chi connectivity index (χ3v) is 3.01. The molecule has 0 amide bonds. The van der Waals surface area contributed by atoms with Crippen LogP contribution >= 0.6 is 0 Å². The van der Waals surface area contributed by atoms with E-state index < -0.39 is 0 Å². The number of nitrogens with one attached hydrogen (secondary N) is 1. The molecule has 0 aromatic rings. The van der Waals surface area contributed by atoms with Gasteiger partial charge in [-0.25, -0.2) is 0 Å². The Balaban J connectivity index is 2.51. The fraction of sp³-hybridized carbons (Fsp3) is 0.909. The van der Waals surface area contributed by atoms with Crippen molar-refractivity contribution in [2.24, 2.45) is 10.7 Å². The maximum atomic E-state index is 9.44. The van der Waals surface area contributed by atoms with Gasteiger partial charge in [0.25, 0.3) is 0 Å². The largest absolute Gasteiger partial charge is 0.394 e. The summed E-state index contributed by atoms with van der Waals surface area (Å²) in [6.45, 7) is 2.97. The molecule has 15 heavy (non-hydrogen) atoms. The quantitative estimate of drug-likeness (QED) is 0.482. The number of nitrogens with zero attached hydrogens (tertiary/aromatic N) is 1. The lowest BCUT2D eigenvalue weighted by Crippen LogP contribution is -2.55. The predicted molar refractivity (Wildman–Crippen MR) is 62.8 cm³/mol. The van der Waals surface area contributed by atoms with Gasteiger partial charge in [0.1, 0.15) is 0 Å². The molecular formula is C11H23N3O. The second-order valence-corrected chi connectivity index (χ2v) is 4.39. The van der Waals surface area contributed by atoms with Crippen LogP contribution in [0.3, 0.4) is 0 Å². The molecule has 0 spiro atoms. The van der Waals surface area contributed by atoms with E-state index >= 15 is 0 Å². The van der Waals surface area contributed by atoms with E-state index in [0.29, 0.717) is 5.96 Å². The molecule has 4 heteroatoms. The number of hydrogen-bond donors (Lipinski definition) is 3. The second kappa shape index (κ2) is 5.95. The number of hydrogen-bond acceptors (Lipinski definition) is 2.